The maximum absolute atomic E-state index is 10.5. The van der Waals surface area contributed by atoms with Gasteiger partial charge in [0.25, 0.3) is 0 Å². The van der Waals surface area contributed by atoms with Crippen molar-refractivity contribution in [3.63, 3.8) is 0 Å². The molecular formula is C8H15NO. The smallest absolute Gasteiger partial charge is 0.124 e. The molecule has 0 spiro atoms. The van der Waals surface area contributed by atoms with Crippen LogP contribution in [0.15, 0.2) is 0 Å². The summed E-state index contributed by atoms with van der Waals surface area (Å²) in [5.74, 6) is 0.209. The molecule has 1 aliphatic heterocycles. The summed E-state index contributed by atoms with van der Waals surface area (Å²) in [6.45, 7) is 6.23. The normalized spacial score (nSPS) is 31.6. The van der Waals surface area contributed by atoms with Gasteiger partial charge in [-0.15, -0.1) is 0 Å². The minimum atomic E-state index is 0.209. The topological polar surface area (TPSA) is 29.1 Å². The molecule has 0 bridgehead atoms. The third-order valence-corrected chi connectivity index (χ3v) is 2.48. The summed E-state index contributed by atoms with van der Waals surface area (Å²) in [7, 11) is 0. The Morgan fingerprint density at radius 1 is 1.60 bits per heavy atom. The van der Waals surface area contributed by atoms with Gasteiger partial charge in [-0.1, -0.05) is 13.8 Å². The van der Waals surface area contributed by atoms with E-state index >= 15 is 0 Å². The van der Waals surface area contributed by atoms with Gasteiger partial charge in [-0.25, -0.2) is 0 Å². The number of hydrogen-bond donors (Lipinski definition) is 1. The van der Waals surface area contributed by atoms with Crippen LogP contribution in [0.5, 0.6) is 0 Å². The lowest BCUT2D eigenvalue weighted by Gasteiger charge is -2.35. The van der Waals surface area contributed by atoms with Crippen molar-refractivity contribution in [3.05, 3.63) is 0 Å². The van der Waals surface area contributed by atoms with E-state index in [0.717, 1.165) is 25.8 Å². The van der Waals surface area contributed by atoms with Gasteiger partial charge in [-0.3, -0.25) is 0 Å². The number of nitrogens with one attached hydrogen (secondary N) is 1. The first-order chi connectivity index (χ1) is 4.67. The van der Waals surface area contributed by atoms with Crippen molar-refractivity contribution in [2.24, 2.45) is 11.3 Å². The van der Waals surface area contributed by atoms with Gasteiger partial charge in [0.1, 0.15) is 6.29 Å². The molecule has 0 aromatic heterocycles. The van der Waals surface area contributed by atoms with Gasteiger partial charge in [0.2, 0.25) is 0 Å². The van der Waals surface area contributed by atoms with Crippen molar-refractivity contribution >= 4 is 6.29 Å². The second kappa shape index (κ2) is 2.70. The van der Waals surface area contributed by atoms with E-state index in [1.807, 2.05) is 0 Å². The minimum absolute atomic E-state index is 0.209. The molecule has 1 heterocycles. The fraction of sp³-hybridized carbons (Fsp3) is 0.875. The Morgan fingerprint density at radius 2 is 2.30 bits per heavy atom. The van der Waals surface area contributed by atoms with Gasteiger partial charge >= 0.3 is 0 Å². The Kier molecular flexibility index (Phi) is 2.09. The molecule has 0 saturated carbocycles. The van der Waals surface area contributed by atoms with Gasteiger partial charge in [0, 0.05) is 12.5 Å². The first kappa shape index (κ1) is 7.73. The maximum atomic E-state index is 10.5. The second-order valence-corrected chi connectivity index (χ2v) is 3.69. The average molecular weight is 141 g/mol. The SMILES string of the molecule is CC1(C)CCNCC1C=O. The van der Waals surface area contributed by atoms with Crippen LogP contribution in [-0.2, 0) is 4.79 Å². The Hall–Kier alpha value is -0.370. The van der Waals surface area contributed by atoms with E-state index in [0.29, 0.717) is 0 Å². The average Bonchev–Trinajstić information content (AvgIpc) is 1.87. The van der Waals surface area contributed by atoms with Crippen LogP contribution in [-0.4, -0.2) is 19.4 Å². The zero-order valence-electron chi connectivity index (χ0n) is 6.68. The molecule has 10 heavy (non-hydrogen) atoms. The van der Waals surface area contributed by atoms with E-state index in [1.54, 1.807) is 0 Å². The highest BCUT2D eigenvalue weighted by Crippen LogP contribution is 2.30. The van der Waals surface area contributed by atoms with Gasteiger partial charge in [-0.2, -0.15) is 0 Å². The molecule has 0 radical (unpaired) electrons. The summed E-state index contributed by atoms with van der Waals surface area (Å²) in [4.78, 5) is 10.5. The molecule has 2 heteroatoms. The molecule has 0 aromatic carbocycles. The zero-order chi connectivity index (χ0) is 7.61. The highest BCUT2D eigenvalue weighted by molar-refractivity contribution is 5.55. The Bertz CT molecular complexity index is 131. The van der Waals surface area contributed by atoms with Crippen LogP contribution >= 0.6 is 0 Å². The lowest BCUT2D eigenvalue weighted by Crippen LogP contribution is -2.42. The molecule has 1 N–H and O–H groups in total. The molecule has 1 fully saturated rings. The summed E-state index contributed by atoms with van der Waals surface area (Å²) in [5, 5.41) is 3.21. The molecular weight excluding hydrogens is 126 g/mol. The first-order valence-corrected chi connectivity index (χ1v) is 3.83. The number of carbonyl (C=O) groups is 1. The summed E-state index contributed by atoms with van der Waals surface area (Å²) in [5.41, 5.74) is 0.215. The first-order valence-electron chi connectivity index (χ1n) is 3.83. The highest BCUT2D eigenvalue weighted by atomic mass is 16.1. The molecule has 0 aliphatic carbocycles. The standard InChI is InChI=1S/C8H15NO/c1-8(2)3-4-9-5-7(8)6-10/h6-7,9H,3-5H2,1-2H3. The van der Waals surface area contributed by atoms with Crippen LogP contribution in [0.1, 0.15) is 20.3 Å². The quantitative estimate of drug-likeness (QED) is 0.548. The van der Waals surface area contributed by atoms with Crippen LogP contribution in [0.4, 0.5) is 0 Å². The summed E-state index contributed by atoms with van der Waals surface area (Å²) in [6.07, 6.45) is 2.18. The fourth-order valence-electron chi connectivity index (χ4n) is 1.36. The number of piperidine rings is 1. The van der Waals surface area contributed by atoms with Crippen molar-refractivity contribution in [3.8, 4) is 0 Å². The summed E-state index contributed by atoms with van der Waals surface area (Å²) < 4.78 is 0. The van der Waals surface area contributed by atoms with E-state index < -0.39 is 0 Å². The summed E-state index contributed by atoms with van der Waals surface area (Å²) >= 11 is 0. The Balaban J connectivity index is 2.59. The summed E-state index contributed by atoms with van der Waals surface area (Å²) in [6, 6.07) is 0. The molecule has 1 atom stereocenters. The lowest BCUT2D eigenvalue weighted by atomic mass is 9.75. The zero-order valence-corrected chi connectivity index (χ0v) is 6.68. The van der Waals surface area contributed by atoms with E-state index in [1.165, 1.54) is 0 Å². The minimum Gasteiger partial charge on any atom is -0.316 e. The predicted molar refractivity (Wildman–Crippen MR) is 40.8 cm³/mol. The van der Waals surface area contributed by atoms with Crippen LogP contribution in [0.2, 0.25) is 0 Å². The number of rotatable bonds is 1. The Labute approximate surface area is 62.0 Å². The molecule has 58 valence electrons. The largest absolute Gasteiger partial charge is 0.316 e. The number of aldehydes is 1. The van der Waals surface area contributed by atoms with Gasteiger partial charge in [0.15, 0.2) is 0 Å². The maximum Gasteiger partial charge on any atom is 0.124 e. The van der Waals surface area contributed by atoms with Crippen molar-refractivity contribution in [1.29, 1.82) is 0 Å². The van der Waals surface area contributed by atoms with Crippen LogP contribution < -0.4 is 5.32 Å². The van der Waals surface area contributed by atoms with E-state index in [4.69, 9.17) is 0 Å². The molecule has 1 saturated heterocycles. The van der Waals surface area contributed by atoms with Gasteiger partial charge in [0.05, 0.1) is 0 Å². The molecule has 1 unspecified atom stereocenters. The van der Waals surface area contributed by atoms with E-state index in [2.05, 4.69) is 19.2 Å². The molecule has 0 amide bonds. The van der Waals surface area contributed by atoms with E-state index in [-0.39, 0.29) is 11.3 Å². The number of carbonyl (C=O) groups excluding carboxylic acids is 1. The lowest BCUT2D eigenvalue weighted by molar-refractivity contribution is -0.114. The molecule has 1 aliphatic rings. The molecule has 1 rings (SSSR count). The third-order valence-electron chi connectivity index (χ3n) is 2.48. The van der Waals surface area contributed by atoms with Crippen molar-refractivity contribution in [1.82, 2.24) is 5.32 Å². The predicted octanol–water partition coefficient (Wildman–Crippen LogP) is 0.821. The van der Waals surface area contributed by atoms with Crippen molar-refractivity contribution in [2.75, 3.05) is 13.1 Å². The second-order valence-electron chi connectivity index (χ2n) is 3.69. The van der Waals surface area contributed by atoms with Crippen molar-refractivity contribution < 1.29 is 4.79 Å². The fourth-order valence-corrected chi connectivity index (χ4v) is 1.36. The molecule has 2 nitrogen and oxygen atoms in total. The van der Waals surface area contributed by atoms with Crippen LogP contribution in [0.3, 0.4) is 0 Å². The number of hydrogen-bond acceptors (Lipinski definition) is 2. The molecule has 0 aromatic rings. The van der Waals surface area contributed by atoms with Crippen LogP contribution in [0, 0.1) is 11.3 Å². The van der Waals surface area contributed by atoms with E-state index in [9.17, 15) is 4.79 Å². The van der Waals surface area contributed by atoms with Gasteiger partial charge in [-0.05, 0) is 18.4 Å². The van der Waals surface area contributed by atoms with Gasteiger partial charge < -0.3 is 10.1 Å². The third kappa shape index (κ3) is 1.37. The highest BCUT2D eigenvalue weighted by Gasteiger charge is 2.31. The monoisotopic (exact) mass is 141 g/mol. The van der Waals surface area contributed by atoms with Crippen LogP contribution in [0.25, 0.3) is 0 Å². The Morgan fingerprint density at radius 3 is 2.70 bits per heavy atom. The van der Waals surface area contributed by atoms with Crippen molar-refractivity contribution in [2.45, 2.75) is 20.3 Å².